The van der Waals surface area contributed by atoms with Gasteiger partial charge in [0.25, 0.3) is 0 Å². The highest BCUT2D eigenvalue weighted by molar-refractivity contribution is 6.06. The Kier molecular flexibility index (Phi) is 5.07. The van der Waals surface area contributed by atoms with Gasteiger partial charge in [0, 0.05) is 30.0 Å². The highest BCUT2D eigenvalue weighted by atomic mass is 16.1. The smallest absolute Gasteiger partial charge is 0.248 e. The molecule has 0 spiro atoms. The van der Waals surface area contributed by atoms with E-state index < -0.39 is 0 Å². The molecule has 0 aromatic heterocycles. The maximum absolute atomic E-state index is 11.4. The van der Waals surface area contributed by atoms with Crippen molar-refractivity contribution in [3.05, 3.63) is 76.5 Å². The number of carbonyl (C=O) groups excluding carboxylic acids is 1. The van der Waals surface area contributed by atoms with Crippen LogP contribution in [0.2, 0.25) is 0 Å². The summed E-state index contributed by atoms with van der Waals surface area (Å²) in [7, 11) is 0. The molecule has 1 aliphatic rings. The number of carbonyl (C=O) groups is 1. The number of nitrogens with two attached hydrogens (primary N) is 2. The van der Waals surface area contributed by atoms with E-state index in [-0.39, 0.29) is 5.91 Å². The maximum Gasteiger partial charge on any atom is 0.248 e. The fourth-order valence-corrected chi connectivity index (χ4v) is 3.31. The van der Waals surface area contributed by atoms with Crippen molar-refractivity contribution in [1.29, 1.82) is 5.41 Å². The Bertz CT molecular complexity index is 864. The van der Waals surface area contributed by atoms with Gasteiger partial charge in [-0.1, -0.05) is 24.3 Å². The summed E-state index contributed by atoms with van der Waals surface area (Å²) in [5, 5.41) is 8.03. The summed E-state index contributed by atoms with van der Waals surface area (Å²) in [6.07, 6.45) is 3.68. The summed E-state index contributed by atoms with van der Waals surface area (Å²) in [5.41, 5.74) is 17.0. The molecule has 0 bridgehead atoms. The molecule has 1 aliphatic heterocycles. The van der Waals surface area contributed by atoms with E-state index in [1.54, 1.807) is 19.1 Å². The molecule has 0 fully saturated rings. The Hall–Kier alpha value is -3.08. The van der Waals surface area contributed by atoms with E-state index in [0.717, 1.165) is 31.5 Å². The second kappa shape index (κ2) is 7.44. The van der Waals surface area contributed by atoms with Crippen molar-refractivity contribution in [2.24, 2.45) is 11.5 Å². The van der Waals surface area contributed by atoms with Gasteiger partial charge in [0.1, 0.15) is 0 Å². The van der Waals surface area contributed by atoms with Crippen molar-refractivity contribution < 1.29 is 4.79 Å². The van der Waals surface area contributed by atoms with Crippen molar-refractivity contribution in [3.8, 4) is 0 Å². The number of aryl methyl sites for hydroxylation is 1. The number of amides is 1. The molecule has 0 radical (unpaired) electrons. The largest absolute Gasteiger partial charge is 0.402 e. The van der Waals surface area contributed by atoms with Gasteiger partial charge in [-0.2, -0.15) is 0 Å². The first-order valence-corrected chi connectivity index (χ1v) is 8.73. The van der Waals surface area contributed by atoms with Crippen molar-refractivity contribution in [2.75, 3.05) is 11.4 Å². The highest BCUT2D eigenvalue weighted by Crippen LogP contribution is 2.29. The molecule has 0 atom stereocenters. The van der Waals surface area contributed by atoms with E-state index in [1.807, 2.05) is 24.3 Å². The Morgan fingerprint density at radius 3 is 2.50 bits per heavy atom. The minimum atomic E-state index is -0.385. The number of primary amides is 1. The third kappa shape index (κ3) is 3.94. The molecule has 3 rings (SSSR count). The predicted molar refractivity (Wildman–Crippen MR) is 106 cm³/mol. The van der Waals surface area contributed by atoms with Crippen LogP contribution in [0.15, 0.2) is 54.2 Å². The van der Waals surface area contributed by atoms with Gasteiger partial charge in [0.2, 0.25) is 5.91 Å². The Labute approximate surface area is 153 Å². The van der Waals surface area contributed by atoms with E-state index in [9.17, 15) is 4.79 Å². The molecule has 0 saturated heterocycles. The zero-order valence-corrected chi connectivity index (χ0v) is 15.0. The van der Waals surface area contributed by atoms with E-state index >= 15 is 0 Å². The summed E-state index contributed by atoms with van der Waals surface area (Å²) >= 11 is 0. The van der Waals surface area contributed by atoms with Crippen molar-refractivity contribution >= 4 is 17.3 Å². The van der Waals surface area contributed by atoms with Crippen LogP contribution in [-0.2, 0) is 13.0 Å². The van der Waals surface area contributed by atoms with Crippen LogP contribution in [0.25, 0.3) is 0 Å². The molecule has 134 valence electrons. The molecule has 2 aromatic carbocycles. The summed E-state index contributed by atoms with van der Waals surface area (Å²) in [5.74, 6) is -0.385. The Morgan fingerprint density at radius 1 is 1.15 bits per heavy atom. The zero-order chi connectivity index (χ0) is 18.7. The quantitative estimate of drug-likeness (QED) is 0.725. The summed E-state index contributed by atoms with van der Waals surface area (Å²) < 4.78 is 0. The Balaban J connectivity index is 1.77. The van der Waals surface area contributed by atoms with Gasteiger partial charge in [0.15, 0.2) is 0 Å². The number of anilines is 1. The SMILES string of the molecule is C/C(N)=C/C(=N)c1ccc(CN2CCCc3cc(C(N)=O)ccc32)cc1. The molecular formula is C21H24N4O. The fraction of sp³-hybridized carbons (Fsp3) is 0.238. The van der Waals surface area contributed by atoms with Crippen LogP contribution in [0.3, 0.4) is 0 Å². The van der Waals surface area contributed by atoms with Crippen LogP contribution in [0.4, 0.5) is 5.69 Å². The molecule has 2 aromatic rings. The molecule has 5 N–H and O–H groups in total. The number of nitrogens with zero attached hydrogens (tertiary/aromatic N) is 1. The van der Waals surface area contributed by atoms with Gasteiger partial charge in [-0.3, -0.25) is 4.79 Å². The lowest BCUT2D eigenvalue weighted by Crippen LogP contribution is -2.29. The standard InChI is InChI=1S/C21H24N4O/c1-14(22)11-19(23)16-6-4-15(5-7-16)13-25-10-2-3-17-12-18(21(24)26)8-9-20(17)25/h4-9,11-12,23H,2-3,10,13,22H2,1H3,(H2,24,26)/b14-11-,23-19?. The van der Waals surface area contributed by atoms with E-state index in [0.29, 0.717) is 17.0 Å². The summed E-state index contributed by atoms with van der Waals surface area (Å²) in [6.45, 7) is 3.55. The lowest BCUT2D eigenvalue weighted by Gasteiger charge is -2.31. The first kappa shape index (κ1) is 17.7. The number of allylic oxidation sites excluding steroid dienone is 2. The number of hydrogen-bond acceptors (Lipinski definition) is 4. The maximum atomic E-state index is 11.4. The lowest BCUT2D eigenvalue weighted by molar-refractivity contribution is 0.1000. The molecule has 1 heterocycles. The minimum absolute atomic E-state index is 0.385. The number of benzene rings is 2. The van der Waals surface area contributed by atoms with E-state index in [1.165, 1.54) is 16.8 Å². The zero-order valence-electron chi connectivity index (χ0n) is 15.0. The predicted octanol–water partition coefficient (Wildman–Crippen LogP) is 2.97. The van der Waals surface area contributed by atoms with Crippen molar-refractivity contribution in [2.45, 2.75) is 26.3 Å². The number of rotatable bonds is 5. The number of hydrogen-bond donors (Lipinski definition) is 3. The van der Waals surface area contributed by atoms with E-state index in [4.69, 9.17) is 16.9 Å². The molecule has 0 unspecified atom stereocenters. The highest BCUT2D eigenvalue weighted by Gasteiger charge is 2.18. The molecule has 5 heteroatoms. The minimum Gasteiger partial charge on any atom is -0.402 e. The average molecular weight is 348 g/mol. The first-order chi connectivity index (χ1) is 12.4. The normalized spacial score (nSPS) is 14.0. The van der Waals surface area contributed by atoms with Crippen LogP contribution < -0.4 is 16.4 Å². The topological polar surface area (TPSA) is 96.2 Å². The van der Waals surface area contributed by atoms with Crippen LogP contribution in [0, 0.1) is 5.41 Å². The van der Waals surface area contributed by atoms with Crippen LogP contribution >= 0.6 is 0 Å². The van der Waals surface area contributed by atoms with Crippen molar-refractivity contribution in [1.82, 2.24) is 0 Å². The molecule has 1 amide bonds. The van der Waals surface area contributed by atoms with Crippen LogP contribution in [-0.4, -0.2) is 18.2 Å². The summed E-state index contributed by atoms with van der Waals surface area (Å²) in [6, 6.07) is 13.7. The van der Waals surface area contributed by atoms with Gasteiger partial charge in [-0.05, 0) is 60.7 Å². The van der Waals surface area contributed by atoms with Gasteiger partial charge >= 0.3 is 0 Å². The molecule has 5 nitrogen and oxygen atoms in total. The van der Waals surface area contributed by atoms with Crippen LogP contribution in [0.5, 0.6) is 0 Å². The Morgan fingerprint density at radius 2 is 1.85 bits per heavy atom. The fourth-order valence-electron chi connectivity index (χ4n) is 3.31. The first-order valence-electron chi connectivity index (χ1n) is 8.73. The molecule has 0 aliphatic carbocycles. The molecule has 0 saturated carbocycles. The van der Waals surface area contributed by atoms with Gasteiger partial charge in [0.05, 0.1) is 5.71 Å². The summed E-state index contributed by atoms with van der Waals surface area (Å²) in [4.78, 5) is 13.7. The second-order valence-electron chi connectivity index (χ2n) is 6.73. The van der Waals surface area contributed by atoms with Crippen LogP contribution in [0.1, 0.15) is 40.4 Å². The second-order valence-corrected chi connectivity index (χ2v) is 6.73. The van der Waals surface area contributed by atoms with Gasteiger partial charge < -0.3 is 21.8 Å². The van der Waals surface area contributed by atoms with Crippen molar-refractivity contribution in [3.63, 3.8) is 0 Å². The number of fused-ring (bicyclic) bond motifs is 1. The third-order valence-electron chi connectivity index (χ3n) is 4.59. The lowest BCUT2D eigenvalue weighted by atomic mass is 9.98. The molecular weight excluding hydrogens is 324 g/mol. The monoisotopic (exact) mass is 348 g/mol. The third-order valence-corrected chi connectivity index (χ3v) is 4.59. The van der Waals surface area contributed by atoms with Gasteiger partial charge in [-0.15, -0.1) is 0 Å². The molecule has 26 heavy (non-hydrogen) atoms. The average Bonchev–Trinajstić information content (AvgIpc) is 2.61. The van der Waals surface area contributed by atoms with E-state index in [2.05, 4.69) is 17.0 Å². The number of nitrogens with one attached hydrogen (secondary N) is 1. The van der Waals surface area contributed by atoms with Gasteiger partial charge in [-0.25, -0.2) is 0 Å².